The van der Waals surface area contributed by atoms with Crippen molar-refractivity contribution in [1.29, 1.82) is 0 Å². The number of nitrogens with two attached hydrogens (primary N) is 1. The van der Waals surface area contributed by atoms with Gasteiger partial charge in [-0.15, -0.1) is 0 Å². The maximum absolute atomic E-state index is 12.4. The Kier molecular flexibility index (Phi) is 3.29. The van der Waals surface area contributed by atoms with Gasteiger partial charge in [0.15, 0.2) is 0 Å². The standard InChI is InChI=1S/C11H14F2N2/c1-7-6-9(4-5-10(7)14)15(3)8(2)11(12)13/h4-6,11H,2,14H2,1,3H3. The first-order valence-corrected chi connectivity index (χ1v) is 4.50. The van der Waals surface area contributed by atoms with E-state index in [1.807, 2.05) is 6.92 Å². The highest BCUT2D eigenvalue weighted by atomic mass is 19.3. The first-order chi connectivity index (χ1) is 6.93. The summed E-state index contributed by atoms with van der Waals surface area (Å²) in [4.78, 5) is 1.36. The molecule has 0 fully saturated rings. The molecule has 0 aromatic heterocycles. The molecule has 0 aliphatic carbocycles. The maximum atomic E-state index is 12.4. The van der Waals surface area contributed by atoms with Crippen molar-refractivity contribution in [3.8, 4) is 0 Å². The van der Waals surface area contributed by atoms with Gasteiger partial charge in [0.25, 0.3) is 6.43 Å². The molecule has 0 saturated carbocycles. The summed E-state index contributed by atoms with van der Waals surface area (Å²) in [6.07, 6.45) is -2.55. The van der Waals surface area contributed by atoms with Gasteiger partial charge in [0, 0.05) is 18.4 Å². The summed E-state index contributed by atoms with van der Waals surface area (Å²) < 4.78 is 24.8. The molecule has 0 radical (unpaired) electrons. The molecule has 0 bridgehead atoms. The van der Waals surface area contributed by atoms with Crippen LogP contribution in [-0.2, 0) is 0 Å². The predicted molar refractivity (Wildman–Crippen MR) is 59.1 cm³/mol. The predicted octanol–water partition coefficient (Wildman–Crippen LogP) is 2.79. The molecule has 0 heterocycles. The highest BCUT2D eigenvalue weighted by Crippen LogP contribution is 2.23. The van der Waals surface area contributed by atoms with E-state index in [0.29, 0.717) is 11.4 Å². The van der Waals surface area contributed by atoms with Gasteiger partial charge in [-0.05, 0) is 30.7 Å². The SMILES string of the molecule is C=C(C(F)F)N(C)c1ccc(N)c(C)c1. The van der Waals surface area contributed by atoms with Gasteiger partial charge in [0.2, 0.25) is 0 Å². The van der Waals surface area contributed by atoms with Crippen LogP contribution in [0.4, 0.5) is 20.2 Å². The molecule has 2 N–H and O–H groups in total. The number of benzene rings is 1. The number of alkyl halides is 2. The minimum atomic E-state index is -2.55. The minimum Gasteiger partial charge on any atom is -0.399 e. The molecule has 1 rings (SSSR count). The molecule has 0 spiro atoms. The molecule has 82 valence electrons. The lowest BCUT2D eigenvalue weighted by molar-refractivity contribution is 0.187. The van der Waals surface area contributed by atoms with Crippen LogP contribution in [0.3, 0.4) is 0 Å². The van der Waals surface area contributed by atoms with Gasteiger partial charge in [0.1, 0.15) is 0 Å². The number of anilines is 2. The summed E-state index contributed by atoms with van der Waals surface area (Å²) >= 11 is 0. The van der Waals surface area contributed by atoms with Gasteiger partial charge < -0.3 is 10.6 Å². The largest absolute Gasteiger partial charge is 0.399 e. The molecular formula is C11H14F2N2. The molecule has 0 aliphatic rings. The van der Waals surface area contributed by atoms with Crippen molar-refractivity contribution in [3.63, 3.8) is 0 Å². The second kappa shape index (κ2) is 4.29. The highest BCUT2D eigenvalue weighted by Gasteiger charge is 2.14. The number of aryl methyl sites for hydroxylation is 1. The number of hydrogen-bond acceptors (Lipinski definition) is 2. The maximum Gasteiger partial charge on any atom is 0.277 e. The van der Waals surface area contributed by atoms with Crippen LogP contribution < -0.4 is 10.6 Å². The first-order valence-electron chi connectivity index (χ1n) is 4.50. The van der Waals surface area contributed by atoms with Crippen molar-refractivity contribution in [1.82, 2.24) is 0 Å². The molecule has 0 unspecified atom stereocenters. The summed E-state index contributed by atoms with van der Waals surface area (Å²) in [6.45, 7) is 5.16. The number of nitrogen functional groups attached to an aromatic ring is 1. The van der Waals surface area contributed by atoms with E-state index in [0.717, 1.165) is 5.56 Å². The minimum absolute atomic E-state index is 0.223. The zero-order chi connectivity index (χ0) is 11.6. The van der Waals surface area contributed by atoms with Gasteiger partial charge in [-0.1, -0.05) is 6.58 Å². The molecule has 1 aromatic rings. The Balaban J connectivity index is 2.97. The number of allylic oxidation sites excluding steroid dienone is 1. The van der Waals surface area contributed by atoms with Crippen molar-refractivity contribution in [2.24, 2.45) is 0 Å². The van der Waals surface area contributed by atoms with Crippen molar-refractivity contribution in [2.75, 3.05) is 17.7 Å². The van der Waals surface area contributed by atoms with E-state index in [9.17, 15) is 8.78 Å². The average Bonchev–Trinajstić information content (AvgIpc) is 2.19. The van der Waals surface area contributed by atoms with E-state index in [2.05, 4.69) is 6.58 Å². The fourth-order valence-electron chi connectivity index (χ4n) is 1.18. The second-order valence-corrected chi connectivity index (χ2v) is 3.39. The average molecular weight is 212 g/mol. The number of halogens is 2. The number of rotatable bonds is 3. The molecule has 1 aromatic carbocycles. The van der Waals surface area contributed by atoms with Crippen LogP contribution in [0.2, 0.25) is 0 Å². The van der Waals surface area contributed by atoms with Crippen LogP contribution in [0.1, 0.15) is 5.56 Å². The summed E-state index contributed by atoms with van der Waals surface area (Å²) in [5, 5.41) is 0. The van der Waals surface area contributed by atoms with E-state index in [-0.39, 0.29) is 5.70 Å². The zero-order valence-corrected chi connectivity index (χ0v) is 8.80. The highest BCUT2D eigenvalue weighted by molar-refractivity contribution is 5.60. The summed E-state index contributed by atoms with van der Waals surface area (Å²) in [6, 6.07) is 5.14. The molecule has 15 heavy (non-hydrogen) atoms. The lowest BCUT2D eigenvalue weighted by atomic mass is 10.1. The van der Waals surface area contributed by atoms with Crippen molar-refractivity contribution in [3.05, 3.63) is 36.0 Å². The Labute approximate surface area is 88.0 Å². The monoisotopic (exact) mass is 212 g/mol. The zero-order valence-electron chi connectivity index (χ0n) is 8.80. The van der Waals surface area contributed by atoms with Gasteiger partial charge in [-0.25, -0.2) is 8.78 Å². The van der Waals surface area contributed by atoms with Crippen molar-refractivity contribution < 1.29 is 8.78 Å². The van der Waals surface area contributed by atoms with Gasteiger partial charge >= 0.3 is 0 Å². The Hall–Kier alpha value is -1.58. The Morgan fingerprint density at radius 2 is 2.07 bits per heavy atom. The molecule has 0 saturated heterocycles. The fourth-order valence-corrected chi connectivity index (χ4v) is 1.18. The molecule has 0 amide bonds. The summed E-state index contributed by atoms with van der Waals surface area (Å²) in [7, 11) is 1.56. The van der Waals surface area contributed by atoms with Crippen LogP contribution in [-0.4, -0.2) is 13.5 Å². The quantitative estimate of drug-likeness (QED) is 0.780. The van der Waals surface area contributed by atoms with Crippen LogP contribution in [0.5, 0.6) is 0 Å². The van der Waals surface area contributed by atoms with E-state index < -0.39 is 6.43 Å². The summed E-state index contributed by atoms with van der Waals surface area (Å²) in [5.74, 6) is 0. The topological polar surface area (TPSA) is 29.3 Å². The van der Waals surface area contributed by atoms with Crippen LogP contribution in [0.15, 0.2) is 30.5 Å². The molecule has 0 atom stereocenters. The van der Waals surface area contributed by atoms with Gasteiger partial charge in [0.05, 0.1) is 5.70 Å². The van der Waals surface area contributed by atoms with Crippen LogP contribution >= 0.6 is 0 Å². The third-order valence-electron chi connectivity index (χ3n) is 2.32. The Morgan fingerprint density at radius 1 is 1.47 bits per heavy atom. The molecule has 2 nitrogen and oxygen atoms in total. The van der Waals surface area contributed by atoms with Gasteiger partial charge in [-0.2, -0.15) is 0 Å². The lowest BCUT2D eigenvalue weighted by Crippen LogP contribution is -2.20. The van der Waals surface area contributed by atoms with Crippen molar-refractivity contribution in [2.45, 2.75) is 13.3 Å². The lowest BCUT2D eigenvalue weighted by Gasteiger charge is -2.21. The van der Waals surface area contributed by atoms with E-state index in [1.54, 1.807) is 25.2 Å². The van der Waals surface area contributed by atoms with E-state index >= 15 is 0 Å². The summed E-state index contributed by atoms with van der Waals surface area (Å²) in [5.41, 5.74) is 7.58. The van der Waals surface area contributed by atoms with E-state index in [4.69, 9.17) is 5.73 Å². The Bertz CT molecular complexity index is 375. The molecule has 0 aliphatic heterocycles. The first kappa shape index (κ1) is 11.5. The molecule has 4 heteroatoms. The Morgan fingerprint density at radius 3 is 2.53 bits per heavy atom. The fraction of sp³-hybridized carbons (Fsp3) is 0.273. The van der Waals surface area contributed by atoms with Gasteiger partial charge in [-0.3, -0.25) is 0 Å². The smallest absolute Gasteiger partial charge is 0.277 e. The van der Waals surface area contributed by atoms with E-state index in [1.165, 1.54) is 4.90 Å². The number of nitrogens with zero attached hydrogens (tertiary/aromatic N) is 1. The van der Waals surface area contributed by atoms with Crippen molar-refractivity contribution >= 4 is 11.4 Å². The third kappa shape index (κ3) is 2.46. The second-order valence-electron chi connectivity index (χ2n) is 3.39. The normalized spacial score (nSPS) is 10.5. The van der Waals surface area contributed by atoms with Crippen LogP contribution in [0, 0.1) is 6.92 Å². The molecular weight excluding hydrogens is 198 g/mol. The third-order valence-corrected chi connectivity index (χ3v) is 2.32. The number of hydrogen-bond donors (Lipinski definition) is 1. The van der Waals surface area contributed by atoms with Crippen LogP contribution in [0.25, 0.3) is 0 Å².